The fraction of sp³-hybridized carbons (Fsp3) is 0.364. The maximum atomic E-state index is 10.8. The first kappa shape index (κ1) is 11.1. The van der Waals surface area contributed by atoms with E-state index in [1.54, 1.807) is 6.07 Å². The van der Waals surface area contributed by atoms with Gasteiger partial charge < -0.3 is 5.11 Å². The van der Waals surface area contributed by atoms with Crippen molar-refractivity contribution in [2.45, 2.75) is 19.8 Å². The molecule has 0 bridgehead atoms. The van der Waals surface area contributed by atoms with Crippen molar-refractivity contribution in [3.05, 3.63) is 34.9 Å². The first-order valence-electron chi connectivity index (χ1n) is 4.61. The van der Waals surface area contributed by atoms with Crippen LogP contribution in [0.2, 0.25) is 5.02 Å². The molecule has 0 radical (unpaired) electrons. The van der Waals surface area contributed by atoms with Crippen LogP contribution in [-0.2, 0) is 11.2 Å². The topological polar surface area (TPSA) is 37.3 Å². The van der Waals surface area contributed by atoms with Crippen molar-refractivity contribution < 1.29 is 9.90 Å². The predicted octanol–water partition coefficient (Wildman–Crippen LogP) is 2.99. The van der Waals surface area contributed by atoms with E-state index in [1.165, 1.54) is 0 Å². The molecule has 1 aromatic carbocycles. The Balaban J connectivity index is 2.77. The summed E-state index contributed by atoms with van der Waals surface area (Å²) in [6, 6.07) is 7.36. The number of aliphatic carboxylic acids is 1. The summed E-state index contributed by atoms with van der Waals surface area (Å²) >= 11 is 5.94. The van der Waals surface area contributed by atoms with Gasteiger partial charge in [0.2, 0.25) is 0 Å². The quantitative estimate of drug-likeness (QED) is 0.833. The van der Waals surface area contributed by atoms with E-state index >= 15 is 0 Å². The first-order chi connectivity index (χ1) is 6.65. The Bertz CT molecular complexity index is 323. The summed E-state index contributed by atoms with van der Waals surface area (Å²) in [6.45, 7) is 1.87. The molecule has 1 unspecified atom stereocenters. The summed E-state index contributed by atoms with van der Waals surface area (Å²) in [6.07, 6.45) is 1.13. The maximum absolute atomic E-state index is 10.8. The summed E-state index contributed by atoms with van der Waals surface area (Å²) in [5.41, 5.74) is 0.906. The number of carboxylic acid groups (broad SMARTS) is 1. The molecule has 0 saturated carbocycles. The zero-order valence-electron chi connectivity index (χ0n) is 8.03. The second-order valence-electron chi connectivity index (χ2n) is 3.24. The minimum atomic E-state index is -0.757. The fourth-order valence-corrected chi connectivity index (χ4v) is 1.55. The Hall–Kier alpha value is -1.02. The van der Waals surface area contributed by atoms with Crippen molar-refractivity contribution in [2.24, 2.45) is 5.92 Å². The molecular weight excluding hydrogens is 200 g/mol. The van der Waals surface area contributed by atoms with E-state index in [4.69, 9.17) is 16.7 Å². The van der Waals surface area contributed by atoms with Crippen LogP contribution in [0, 0.1) is 5.92 Å². The van der Waals surface area contributed by atoms with Crippen molar-refractivity contribution in [1.29, 1.82) is 0 Å². The summed E-state index contributed by atoms with van der Waals surface area (Å²) in [5, 5.41) is 9.53. The monoisotopic (exact) mass is 212 g/mol. The molecule has 0 spiro atoms. The molecule has 14 heavy (non-hydrogen) atoms. The van der Waals surface area contributed by atoms with Crippen LogP contribution < -0.4 is 0 Å². The Kier molecular flexibility index (Phi) is 3.96. The Morgan fingerprint density at radius 2 is 2.14 bits per heavy atom. The van der Waals surface area contributed by atoms with Gasteiger partial charge in [-0.15, -0.1) is 0 Å². The predicted molar refractivity (Wildman–Crippen MR) is 56.6 cm³/mol. The summed E-state index contributed by atoms with van der Waals surface area (Å²) in [7, 11) is 0. The summed E-state index contributed by atoms with van der Waals surface area (Å²) in [4.78, 5) is 10.8. The van der Waals surface area contributed by atoms with Gasteiger partial charge >= 0.3 is 5.97 Å². The molecule has 1 aromatic rings. The van der Waals surface area contributed by atoms with Crippen molar-refractivity contribution in [3.63, 3.8) is 0 Å². The smallest absolute Gasteiger partial charge is 0.306 e. The second kappa shape index (κ2) is 5.01. The van der Waals surface area contributed by atoms with Gasteiger partial charge in [-0.2, -0.15) is 0 Å². The van der Waals surface area contributed by atoms with Gasteiger partial charge in [-0.1, -0.05) is 36.7 Å². The maximum Gasteiger partial charge on any atom is 0.306 e. The van der Waals surface area contributed by atoms with Crippen molar-refractivity contribution in [1.82, 2.24) is 0 Å². The lowest BCUT2D eigenvalue weighted by atomic mass is 9.97. The van der Waals surface area contributed by atoms with E-state index < -0.39 is 5.97 Å². The number of halogens is 1. The molecule has 1 atom stereocenters. The number of carbonyl (C=O) groups is 1. The molecule has 1 N–H and O–H groups in total. The highest BCUT2D eigenvalue weighted by Crippen LogP contribution is 2.20. The minimum Gasteiger partial charge on any atom is -0.481 e. The van der Waals surface area contributed by atoms with E-state index in [2.05, 4.69) is 0 Å². The van der Waals surface area contributed by atoms with Gasteiger partial charge in [-0.05, 0) is 24.5 Å². The van der Waals surface area contributed by atoms with Crippen LogP contribution in [0.1, 0.15) is 18.9 Å². The third-order valence-corrected chi connectivity index (χ3v) is 2.63. The Morgan fingerprint density at radius 1 is 1.50 bits per heavy atom. The van der Waals surface area contributed by atoms with Crippen LogP contribution in [0.15, 0.2) is 24.3 Å². The van der Waals surface area contributed by atoms with E-state index in [1.807, 2.05) is 25.1 Å². The zero-order chi connectivity index (χ0) is 10.6. The molecule has 0 fully saturated rings. The highest BCUT2D eigenvalue weighted by molar-refractivity contribution is 6.31. The van der Waals surface area contributed by atoms with Gasteiger partial charge in [0, 0.05) is 5.02 Å². The normalized spacial score (nSPS) is 12.4. The number of benzene rings is 1. The van der Waals surface area contributed by atoms with E-state index in [9.17, 15) is 4.79 Å². The highest BCUT2D eigenvalue weighted by Gasteiger charge is 2.16. The third kappa shape index (κ3) is 2.74. The molecule has 0 aliphatic carbocycles. The van der Waals surface area contributed by atoms with Crippen LogP contribution >= 0.6 is 11.6 Å². The average Bonchev–Trinajstić information content (AvgIpc) is 2.16. The van der Waals surface area contributed by atoms with Gasteiger partial charge in [0.25, 0.3) is 0 Å². The molecule has 0 aliphatic rings. The van der Waals surface area contributed by atoms with Crippen LogP contribution in [0.4, 0.5) is 0 Å². The van der Waals surface area contributed by atoms with Crippen molar-refractivity contribution >= 4 is 17.6 Å². The minimum absolute atomic E-state index is 0.338. The molecule has 0 aliphatic heterocycles. The average molecular weight is 213 g/mol. The van der Waals surface area contributed by atoms with Gasteiger partial charge in [-0.3, -0.25) is 4.79 Å². The molecule has 0 saturated heterocycles. The lowest BCUT2D eigenvalue weighted by Gasteiger charge is -2.10. The molecule has 0 heterocycles. The molecule has 1 rings (SSSR count). The largest absolute Gasteiger partial charge is 0.481 e. The van der Waals surface area contributed by atoms with E-state index in [0.29, 0.717) is 17.9 Å². The van der Waals surface area contributed by atoms with Gasteiger partial charge in [0.15, 0.2) is 0 Å². The van der Waals surface area contributed by atoms with Gasteiger partial charge in [-0.25, -0.2) is 0 Å². The molecule has 0 aromatic heterocycles. The fourth-order valence-electron chi connectivity index (χ4n) is 1.34. The van der Waals surface area contributed by atoms with Crippen molar-refractivity contribution in [2.75, 3.05) is 0 Å². The SMILES string of the molecule is CCC(Cc1ccccc1Cl)C(=O)O. The van der Waals surface area contributed by atoms with Gasteiger partial charge in [0.1, 0.15) is 0 Å². The van der Waals surface area contributed by atoms with Gasteiger partial charge in [0.05, 0.1) is 5.92 Å². The number of rotatable bonds is 4. The number of hydrogen-bond donors (Lipinski definition) is 1. The number of hydrogen-bond acceptors (Lipinski definition) is 1. The van der Waals surface area contributed by atoms with Crippen LogP contribution in [-0.4, -0.2) is 11.1 Å². The summed E-state index contributed by atoms with van der Waals surface area (Å²) < 4.78 is 0. The Labute approximate surface area is 88.5 Å². The van der Waals surface area contributed by atoms with E-state index in [-0.39, 0.29) is 5.92 Å². The molecule has 2 nitrogen and oxygen atoms in total. The standard InChI is InChI=1S/C11H13ClO2/c1-2-8(11(13)14)7-9-5-3-4-6-10(9)12/h3-6,8H,2,7H2,1H3,(H,13,14). The van der Waals surface area contributed by atoms with Crippen LogP contribution in [0.3, 0.4) is 0 Å². The Morgan fingerprint density at radius 3 is 2.64 bits per heavy atom. The molecule has 3 heteroatoms. The van der Waals surface area contributed by atoms with Crippen LogP contribution in [0.5, 0.6) is 0 Å². The summed E-state index contributed by atoms with van der Waals surface area (Å²) in [5.74, 6) is -1.10. The second-order valence-corrected chi connectivity index (χ2v) is 3.65. The first-order valence-corrected chi connectivity index (χ1v) is 4.99. The number of carboxylic acids is 1. The lowest BCUT2D eigenvalue weighted by molar-refractivity contribution is -0.141. The van der Waals surface area contributed by atoms with Crippen molar-refractivity contribution in [3.8, 4) is 0 Å². The third-order valence-electron chi connectivity index (χ3n) is 2.27. The zero-order valence-corrected chi connectivity index (χ0v) is 8.79. The van der Waals surface area contributed by atoms with Crippen LogP contribution in [0.25, 0.3) is 0 Å². The molecule has 0 amide bonds. The molecular formula is C11H13ClO2. The molecule has 76 valence electrons. The lowest BCUT2D eigenvalue weighted by Crippen LogP contribution is -2.15. The highest BCUT2D eigenvalue weighted by atomic mass is 35.5. The van der Waals surface area contributed by atoms with E-state index in [0.717, 1.165) is 5.56 Å².